The molecule has 1 fully saturated rings. The number of hydrogen-bond acceptors (Lipinski definition) is 5. The Balaban J connectivity index is 1.26. The van der Waals surface area contributed by atoms with E-state index in [2.05, 4.69) is 128 Å². The lowest BCUT2D eigenvalue weighted by atomic mass is 9.93. The van der Waals surface area contributed by atoms with Crippen molar-refractivity contribution in [2.45, 2.75) is 19.1 Å². The van der Waals surface area contributed by atoms with Crippen molar-refractivity contribution in [3.05, 3.63) is 126 Å². The average Bonchev–Trinajstić information content (AvgIpc) is 3.61. The van der Waals surface area contributed by atoms with Gasteiger partial charge < -0.3 is 14.4 Å². The van der Waals surface area contributed by atoms with Crippen LogP contribution in [0.25, 0.3) is 27.1 Å². The molecule has 6 heteroatoms. The van der Waals surface area contributed by atoms with Crippen molar-refractivity contribution in [2.75, 3.05) is 33.2 Å². The van der Waals surface area contributed by atoms with E-state index in [4.69, 9.17) is 0 Å². The van der Waals surface area contributed by atoms with E-state index in [0.29, 0.717) is 18.8 Å². The second kappa shape index (κ2) is 10.8. The number of aromatic nitrogens is 2. The molecule has 0 radical (unpaired) electrons. The van der Waals surface area contributed by atoms with Gasteiger partial charge in [-0.2, -0.15) is 0 Å². The predicted octanol–water partition coefficient (Wildman–Crippen LogP) is 5.43. The summed E-state index contributed by atoms with van der Waals surface area (Å²) in [7, 11) is 2.16. The van der Waals surface area contributed by atoms with Gasteiger partial charge in [-0.3, -0.25) is 4.90 Å². The van der Waals surface area contributed by atoms with Gasteiger partial charge in [-0.25, -0.2) is 9.78 Å². The highest BCUT2D eigenvalue weighted by atomic mass is 16.1. The van der Waals surface area contributed by atoms with Crippen LogP contribution in [0, 0.1) is 0 Å². The van der Waals surface area contributed by atoms with Gasteiger partial charge in [0.15, 0.2) is 0 Å². The van der Waals surface area contributed by atoms with Crippen molar-refractivity contribution in [3.8, 4) is 0 Å². The fourth-order valence-electron chi connectivity index (χ4n) is 6.41. The van der Waals surface area contributed by atoms with Gasteiger partial charge in [-0.05, 0) is 39.7 Å². The fraction of sp³-hybridized carbons (Fsp3) is 0.229. The highest BCUT2D eigenvalue weighted by molar-refractivity contribution is 5.96. The lowest BCUT2D eigenvalue weighted by Gasteiger charge is -2.37. The zero-order valence-electron chi connectivity index (χ0n) is 23.3. The number of benzene rings is 4. The van der Waals surface area contributed by atoms with E-state index in [1.54, 1.807) is 0 Å². The largest absolute Gasteiger partial charge is 0.334 e. The number of imidazole rings is 1. The number of piperazine rings is 1. The second-order valence-electron chi connectivity index (χ2n) is 11.1. The van der Waals surface area contributed by atoms with Crippen molar-refractivity contribution < 1.29 is 4.79 Å². The molecule has 3 heterocycles. The van der Waals surface area contributed by atoms with Crippen LogP contribution in [0.1, 0.15) is 16.8 Å². The van der Waals surface area contributed by atoms with Crippen LogP contribution in [0.2, 0.25) is 0 Å². The van der Waals surface area contributed by atoms with Crippen LogP contribution in [0.3, 0.4) is 0 Å². The minimum atomic E-state index is -0.138. The highest BCUT2D eigenvalue weighted by Crippen LogP contribution is 2.39. The quantitative estimate of drug-likeness (QED) is 0.270. The summed E-state index contributed by atoms with van der Waals surface area (Å²) in [5, 5.41) is 4.88. The Bertz CT molecular complexity index is 1800. The van der Waals surface area contributed by atoms with Crippen LogP contribution >= 0.6 is 0 Å². The van der Waals surface area contributed by atoms with Gasteiger partial charge in [-0.1, -0.05) is 84.9 Å². The third-order valence-electron chi connectivity index (χ3n) is 8.62. The molecule has 0 spiro atoms. The Morgan fingerprint density at radius 1 is 0.805 bits per heavy atom. The van der Waals surface area contributed by atoms with Gasteiger partial charge in [0.25, 0.3) is 0 Å². The minimum Gasteiger partial charge on any atom is -0.334 e. The van der Waals surface area contributed by atoms with Crippen LogP contribution in [-0.2, 0) is 17.9 Å². The monoisotopic (exact) mass is 539 g/mol. The first-order valence-corrected chi connectivity index (χ1v) is 14.3. The molecule has 0 saturated carbocycles. The standard InChI is InChI=1S/C35H33N5O/c1-37-16-18-38(19-17-37)35-33(32-15-7-11-27-9-3-5-14-31(27)32)23-39(34(35)24-41)22-29-20-36-25-40(29)21-28-12-6-10-26-8-2-4-13-30(26)28/h2-15,20,23,25,35H,16-19,21-22H2,1H3. The molecule has 0 amide bonds. The summed E-state index contributed by atoms with van der Waals surface area (Å²) in [6.07, 6.45) is 5.99. The molecule has 4 aromatic carbocycles. The number of fused-ring (bicyclic) bond motifs is 2. The molecular weight excluding hydrogens is 506 g/mol. The maximum Gasteiger partial charge on any atom is 0.148 e. The normalized spacial score (nSPS) is 18.3. The molecule has 5 aromatic rings. The summed E-state index contributed by atoms with van der Waals surface area (Å²) in [4.78, 5) is 24.1. The fourth-order valence-corrected chi connectivity index (χ4v) is 6.41. The molecule has 1 atom stereocenters. The summed E-state index contributed by atoms with van der Waals surface area (Å²) >= 11 is 0. The zero-order chi connectivity index (χ0) is 27.8. The van der Waals surface area contributed by atoms with Crippen LogP contribution in [0.4, 0.5) is 0 Å². The van der Waals surface area contributed by atoms with E-state index in [1.807, 2.05) is 12.5 Å². The van der Waals surface area contributed by atoms with Gasteiger partial charge in [0.05, 0.1) is 24.6 Å². The van der Waals surface area contributed by atoms with Crippen molar-refractivity contribution in [2.24, 2.45) is 0 Å². The third-order valence-corrected chi connectivity index (χ3v) is 8.62. The van der Waals surface area contributed by atoms with Crippen molar-refractivity contribution in [3.63, 3.8) is 0 Å². The van der Waals surface area contributed by atoms with E-state index in [0.717, 1.165) is 37.4 Å². The highest BCUT2D eigenvalue weighted by Gasteiger charge is 2.38. The Morgan fingerprint density at radius 2 is 1.49 bits per heavy atom. The molecule has 2 aliphatic heterocycles. The molecule has 1 saturated heterocycles. The first-order chi connectivity index (χ1) is 20.2. The maximum atomic E-state index is 12.7. The van der Waals surface area contributed by atoms with E-state index < -0.39 is 0 Å². The molecule has 0 aliphatic carbocycles. The number of rotatable bonds is 6. The van der Waals surface area contributed by atoms with E-state index in [9.17, 15) is 4.79 Å². The number of likely N-dealkylation sites (N-methyl/N-ethyl adjacent to an activating group) is 1. The van der Waals surface area contributed by atoms with Crippen LogP contribution in [0.15, 0.2) is 109 Å². The average molecular weight is 540 g/mol. The number of carbonyl (C=O) groups excluding carboxylic acids is 1. The van der Waals surface area contributed by atoms with Crippen LogP contribution < -0.4 is 0 Å². The molecule has 7 rings (SSSR count). The molecular formula is C35H33N5O. The maximum absolute atomic E-state index is 12.7. The van der Waals surface area contributed by atoms with Crippen molar-refractivity contribution >= 4 is 33.1 Å². The first-order valence-electron chi connectivity index (χ1n) is 14.3. The number of hydrogen-bond donors (Lipinski definition) is 0. The lowest BCUT2D eigenvalue weighted by Crippen LogP contribution is -2.50. The second-order valence-corrected chi connectivity index (χ2v) is 11.1. The minimum absolute atomic E-state index is 0.138. The zero-order valence-corrected chi connectivity index (χ0v) is 23.3. The Hall–Kier alpha value is -4.48. The van der Waals surface area contributed by atoms with E-state index in [-0.39, 0.29) is 6.04 Å². The van der Waals surface area contributed by atoms with Gasteiger partial charge >= 0.3 is 0 Å². The topological polar surface area (TPSA) is 44.6 Å². The molecule has 0 bridgehead atoms. The van der Waals surface area contributed by atoms with E-state index in [1.165, 1.54) is 32.7 Å². The Labute approximate surface area is 240 Å². The van der Waals surface area contributed by atoms with E-state index >= 15 is 0 Å². The summed E-state index contributed by atoms with van der Waals surface area (Å²) in [6.45, 7) is 5.02. The molecule has 2 aliphatic rings. The summed E-state index contributed by atoms with van der Waals surface area (Å²) in [5.74, 6) is 2.38. The summed E-state index contributed by atoms with van der Waals surface area (Å²) in [6, 6.07) is 29.7. The van der Waals surface area contributed by atoms with Crippen LogP contribution in [-0.4, -0.2) is 69.5 Å². The lowest BCUT2D eigenvalue weighted by molar-refractivity contribution is 0.140. The smallest absolute Gasteiger partial charge is 0.148 e. The van der Waals surface area contributed by atoms with Gasteiger partial charge in [0, 0.05) is 50.7 Å². The SMILES string of the molecule is CN1CCN(C2C(=C=O)N(Cc3cncn3Cc3cccc4ccccc34)C=C2c2cccc3ccccc23)CC1. The van der Waals surface area contributed by atoms with Gasteiger partial charge in [0.2, 0.25) is 0 Å². The molecule has 1 unspecified atom stereocenters. The Morgan fingerprint density at radius 3 is 2.27 bits per heavy atom. The third kappa shape index (κ3) is 4.76. The van der Waals surface area contributed by atoms with Gasteiger partial charge in [-0.15, -0.1) is 0 Å². The summed E-state index contributed by atoms with van der Waals surface area (Å²) in [5.41, 5.74) is 5.31. The van der Waals surface area contributed by atoms with Crippen LogP contribution in [0.5, 0.6) is 0 Å². The van der Waals surface area contributed by atoms with Crippen molar-refractivity contribution in [1.82, 2.24) is 24.3 Å². The van der Waals surface area contributed by atoms with Gasteiger partial charge in [0.1, 0.15) is 11.6 Å². The summed E-state index contributed by atoms with van der Waals surface area (Å²) < 4.78 is 2.19. The number of nitrogens with zero attached hydrogens (tertiary/aromatic N) is 5. The first kappa shape index (κ1) is 25.5. The molecule has 1 aromatic heterocycles. The molecule has 41 heavy (non-hydrogen) atoms. The molecule has 6 nitrogen and oxygen atoms in total. The molecule has 0 N–H and O–H groups in total. The Kier molecular flexibility index (Phi) is 6.73. The predicted molar refractivity (Wildman–Crippen MR) is 165 cm³/mol. The molecule has 204 valence electrons. The van der Waals surface area contributed by atoms with Crippen molar-refractivity contribution in [1.29, 1.82) is 0 Å².